The number of aliphatic carboxylic acids is 1. The Labute approximate surface area is 118 Å². The van der Waals surface area contributed by atoms with Crippen LogP contribution in [0.25, 0.3) is 0 Å². The van der Waals surface area contributed by atoms with Crippen molar-refractivity contribution in [1.82, 2.24) is 25.6 Å². The quantitative estimate of drug-likeness (QED) is 0.588. The highest BCUT2D eigenvalue weighted by Gasteiger charge is 2.09. The molecule has 2 amide bonds. The van der Waals surface area contributed by atoms with Gasteiger partial charge < -0.3 is 15.7 Å². The van der Waals surface area contributed by atoms with Gasteiger partial charge in [0.25, 0.3) is 0 Å². The second-order valence-corrected chi connectivity index (χ2v) is 5.75. The third kappa shape index (κ3) is 6.27. The van der Waals surface area contributed by atoms with E-state index in [-0.39, 0.29) is 19.1 Å². The summed E-state index contributed by atoms with van der Waals surface area (Å²) in [6, 6.07) is -0.612. The minimum Gasteiger partial charge on any atom is -0.480 e. The molecular formula is C10H17N5O4S. The van der Waals surface area contributed by atoms with Gasteiger partial charge in [0.1, 0.15) is 12.2 Å². The van der Waals surface area contributed by atoms with Gasteiger partial charge in [-0.15, -0.1) is 5.10 Å². The van der Waals surface area contributed by atoms with E-state index in [0.717, 1.165) is 0 Å². The van der Waals surface area contributed by atoms with Crippen LogP contribution in [0.2, 0.25) is 0 Å². The number of urea groups is 1. The van der Waals surface area contributed by atoms with Crippen molar-refractivity contribution >= 4 is 22.8 Å². The van der Waals surface area contributed by atoms with Crippen LogP contribution in [-0.2, 0) is 28.7 Å². The maximum absolute atomic E-state index is 11.5. The predicted molar refractivity (Wildman–Crippen MR) is 71.4 cm³/mol. The van der Waals surface area contributed by atoms with Crippen LogP contribution in [0.3, 0.4) is 0 Å². The van der Waals surface area contributed by atoms with Gasteiger partial charge in [-0.05, 0) is 6.92 Å². The van der Waals surface area contributed by atoms with Gasteiger partial charge in [0.2, 0.25) is 0 Å². The molecule has 112 valence electrons. The van der Waals surface area contributed by atoms with Crippen molar-refractivity contribution in [1.29, 1.82) is 0 Å². The number of hydrogen-bond donors (Lipinski definition) is 3. The number of amides is 2. The Morgan fingerprint density at radius 3 is 2.85 bits per heavy atom. The zero-order valence-corrected chi connectivity index (χ0v) is 12.0. The monoisotopic (exact) mass is 303 g/mol. The minimum absolute atomic E-state index is 0.132. The molecule has 1 aromatic rings. The van der Waals surface area contributed by atoms with Gasteiger partial charge in [-0.1, -0.05) is 5.21 Å². The van der Waals surface area contributed by atoms with Crippen LogP contribution in [0.15, 0.2) is 6.20 Å². The van der Waals surface area contributed by atoms with Crippen LogP contribution >= 0.6 is 0 Å². The van der Waals surface area contributed by atoms with Gasteiger partial charge in [-0.2, -0.15) is 0 Å². The fourth-order valence-electron chi connectivity index (χ4n) is 1.47. The highest BCUT2D eigenvalue weighted by Crippen LogP contribution is 1.93. The number of nitrogens with zero attached hydrogens (tertiary/aromatic N) is 3. The van der Waals surface area contributed by atoms with Crippen molar-refractivity contribution in [3.8, 4) is 0 Å². The summed E-state index contributed by atoms with van der Waals surface area (Å²) >= 11 is 0. The lowest BCUT2D eigenvalue weighted by molar-refractivity contribution is -0.137. The number of carboxylic acids is 1. The highest BCUT2D eigenvalue weighted by atomic mass is 32.2. The van der Waals surface area contributed by atoms with Crippen molar-refractivity contribution < 1.29 is 18.9 Å². The van der Waals surface area contributed by atoms with E-state index in [1.165, 1.54) is 10.9 Å². The van der Waals surface area contributed by atoms with Gasteiger partial charge in [-0.25, -0.2) is 9.48 Å². The standard InChI is InChI=1S/C10H17N5O4S/c1-7(6-20(2)19)12-10(18)11-3-8-4-15(14-13-8)5-9(16)17/h4,7H,3,5-6H2,1-2H3,(H,16,17)(H2,11,12,18). The first kappa shape index (κ1) is 16.1. The summed E-state index contributed by atoms with van der Waals surface area (Å²) < 4.78 is 12.1. The lowest BCUT2D eigenvalue weighted by atomic mass is 10.4. The molecule has 0 saturated heterocycles. The van der Waals surface area contributed by atoms with Crippen LogP contribution in [-0.4, -0.2) is 54.4 Å². The first-order chi connectivity index (χ1) is 9.36. The molecule has 0 spiro atoms. The molecule has 0 bridgehead atoms. The molecule has 10 heteroatoms. The normalized spacial score (nSPS) is 13.5. The molecule has 9 nitrogen and oxygen atoms in total. The summed E-state index contributed by atoms with van der Waals surface area (Å²) in [6.07, 6.45) is 3.01. The average Bonchev–Trinajstić information content (AvgIpc) is 2.71. The fraction of sp³-hybridized carbons (Fsp3) is 0.600. The lowest BCUT2D eigenvalue weighted by Crippen LogP contribution is -2.42. The first-order valence-electron chi connectivity index (χ1n) is 5.82. The lowest BCUT2D eigenvalue weighted by Gasteiger charge is -2.12. The van der Waals surface area contributed by atoms with E-state index in [2.05, 4.69) is 20.9 Å². The van der Waals surface area contributed by atoms with Crippen LogP contribution < -0.4 is 10.6 Å². The zero-order valence-electron chi connectivity index (χ0n) is 11.2. The molecule has 1 heterocycles. The molecule has 2 atom stereocenters. The molecule has 2 unspecified atom stereocenters. The molecule has 0 aliphatic heterocycles. The number of nitrogens with one attached hydrogen (secondary N) is 2. The SMILES string of the molecule is CC(CS(C)=O)NC(=O)NCc1cn(CC(=O)O)nn1. The Morgan fingerprint density at radius 1 is 1.55 bits per heavy atom. The predicted octanol–water partition coefficient (Wildman–Crippen LogP) is -1.07. The number of carboxylic acid groups (broad SMARTS) is 1. The van der Waals surface area contributed by atoms with Crippen molar-refractivity contribution in [3.63, 3.8) is 0 Å². The molecule has 20 heavy (non-hydrogen) atoms. The zero-order chi connectivity index (χ0) is 15.1. The Bertz CT molecular complexity index is 504. The number of rotatable bonds is 7. The number of aromatic nitrogens is 3. The van der Waals surface area contributed by atoms with E-state index in [4.69, 9.17) is 5.11 Å². The minimum atomic E-state index is -1.02. The van der Waals surface area contributed by atoms with Crippen molar-refractivity contribution in [2.75, 3.05) is 12.0 Å². The first-order valence-corrected chi connectivity index (χ1v) is 7.54. The Morgan fingerprint density at radius 2 is 2.25 bits per heavy atom. The smallest absolute Gasteiger partial charge is 0.325 e. The summed E-state index contributed by atoms with van der Waals surface area (Å²) in [5, 5.41) is 21.1. The molecule has 0 saturated carbocycles. The van der Waals surface area contributed by atoms with Crippen LogP contribution in [0.4, 0.5) is 4.79 Å². The number of carbonyl (C=O) groups excluding carboxylic acids is 1. The molecule has 0 aliphatic rings. The van der Waals surface area contributed by atoms with E-state index in [0.29, 0.717) is 11.4 Å². The van der Waals surface area contributed by atoms with E-state index in [1.54, 1.807) is 13.2 Å². The maximum atomic E-state index is 11.5. The summed E-state index contributed by atoms with van der Waals surface area (Å²) in [5.74, 6) is -0.643. The largest absolute Gasteiger partial charge is 0.480 e. The highest BCUT2D eigenvalue weighted by molar-refractivity contribution is 7.84. The number of carbonyl (C=O) groups is 2. The molecular weight excluding hydrogens is 286 g/mol. The van der Waals surface area contributed by atoms with Gasteiger partial charge in [-0.3, -0.25) is 9.00 Å². The molecule has 0 aliphatic carbocycles. The summed E-state index contributed by atoms with van der Waals surface area (Å²) in [4.78, 5) is 22.0. The van der Waals surface area contributed by atoms with Crippen molar-refractivity contribution in [2.24, 2.45) is 0 Å². The Balaban J connectivity index is 2.35. The summed E-state index contributed by atoms with van der Waals surface area (Å²) in [5.41, 5.74) is 0.452. The summed E-state index contributed by atoms with van der Waals surface area (Å²) in [6.45, 7) is 1.61. The molecule has 0 radical (unpaired) electrons. The fourth-order valence-corrected chi connectivity index (χ4v) is 2.26. The Kier molecular flexibility index (Phi) is 6.10. The third-order valence-corrected chi connectivity index (χ3v) is 3.15. The molecule has 0 fully saturated rings. The van der Waals surface area contributed by atoms with Gasteiger partial charge >= 0.3 is 12.0 Å². The maximum Gasteiger partial charge on any atom is 0.325 e. The topological polar surface area (TPSA) is 126 Å². The molecule has 1 rings (SSSR count). The molecule has 3 N–H and O–H groups in total. The molecule has 0 aromatic carbocycles. The van der Waals surface area contributed by atoms with Crippen molar-refractivity contribution in [2.45, 2.75) is 26.1 Å². The van der Waals surface area contributed by atoms with Crippen molar-refractivity contribution in [3.05, 3.63) is 11.9 Å². The van der Waals surface area contributed by atoms with Crippen LogP contribution in [0.1, 0.15) is 12.6 Å². The van der Waals surface area contributed by atoms with Crippen LogP contribution in [0, 0.1) is 0 Å². The third-order valence-electron chi connectivity index (χ3n) is 2.18. The van der Waals surface area contributed by atoms with E-state index in [1.807, 2.05) is 0 Å². The Hall–Kier alpha value is -1.97. The van der Waals surface area contributed by atoms with E-state index < -0.39 is 22.8 Å². The van der Waals surface area contributed by atoms with Gasteiger partial charge in [0, 0.05) is 28.9 Å². The van der Waals surface area contributed by atoms with Crippen LogP contribution in [0.5, 0.6) is 0 Å². The second-order valence-electron chi connectivity index (χ2n) is 4.27. The average molecular weight is 303 g/mol. The second kappa shape index (κ2) is 7.58. The van der Waals surface area contributed by atoms with Gasteiger partial charge in [0.05, 0.1) is 12.7 Å². The van der Waals surface area contributed by atoms with E-state index in [9.17, 15) is 13.8 Å². The van der Waals surface area contributed by atoms with Gasteiger partial charge in [0.15, 0.2) is 0 Å². The summed E-state index contributed by atoms with van der Waals surface area (Å²) in [7, 11) is -0.978. The number of hydrogen-bond acceptors (Lipinski definition) is 5. The van der Waals surface area contributed by atoms with E-state index >= 15 is 0 Å². The molecule has 1 aromatic heterocycles.